The Morgan fingerprint density at radius 3 is 2.68 bits per heavy atom. The molecule has 0 amide bonds. The van der Waals surface area contributed by atoms with E-state index in [1.807, 2.05) is 0 Å². The summed E-state index contributed by atoms with van der Waals surface area (Å²) in [5, 5.41) is 9.29. The Morgan fingerprint density at radius 2 is 1.96 bits per heavy atom. The highest BCUT2D eigenvalue weighted by atomic mass is 16.5. The Balaban J connectivity index is 1.55. The standard InChI is InChI=1S/C23H29NO4/c1-18-8-10-19(11-9-18)12-13-24(17-20-5-4-15-27-20)14-16-28-22-7-3-2-6-21(22)23(25)26/h2-3,6-11,20H,4-5,12-17H2,1H3,(H,25,26). The first-order chi connectivity index (χ1) is 13.6. The molecule has 5 nitrogen and oxygen atoms in total. The molecule has 0 aliphatic carbocycles. The van der Waals surface area contributed by atoms with Crippen molar-refractivity contribution in [3.05, 3.63) is 65.2 Å². The van der Waals surface area contributed by atoms with Crippen LogP contribution in [-0.4, -0.2) is 54.9 Å². The fraction of sp³-hybridized carbons (Fsp3) is 0.435. The number of hydrogen-bond acceptors (Lipinski definition) is 4. The summed E-state index contributed by atoms with van der Waals surface area (Å²) < 4.78 is 11.6. The van der Waals surface area contributed by atoms with Crippen LogP contribution in [0.2, 0.25) is 0 Å². The van der Waals surface area contributed by atoms with E-state index in [0.717, 1.165) is 45.5 Å². The summed E-state index contributed by atoms with van der Waals surface area (Å²) in [5.74, 6) is -0.545. The maximum atomic E-state index is 11.3. The average molecular weight is 383 g/mol. The predicted molar refractivity (Wildman–Crippen MR) is 109 cm³/mol. The van der Waals surface area contributed by atoms with E-state index in [9.17, 15) is 9.90 Å². The second-order valence-electron chi connectivity index (χ2n) is 7.32. The van der Waals surface area contributed by atoms with Gasteiger partial charge in [-0.25, -0.2) is 4.79 Å². The van der Waals surface area contributed by atoms with Crippen molar-refractivity contribution in [2.24, 2.45) is 0 Å². The van der Waals surface area contributed by atoms with Gasteiger partial charge in [0.1, 0.15) is 17.9 Å². The van der Waals surface area contributed by atoms with Crippen molar-refractivity contribution in [3.63, 3.8) is 0 Å². The molecule has 1 saturated heterocycles. The van der Waals surface area contributed by atoms with Crippen molar-refractivity contribution < 1.29 is 19.4 Å². The molecule has 1 aliphatic rings. The van der Waals surface area contributed by atoms with Crippen molar-refractivity contribution in [1.82, 2.24) is 4.90 Å². The fourth-order valence-corrected chi connectivity index (χ4v) is 3.47. The minimum absolute atomic E-state index is 0.202. The van der Waals surface area contributed by atoms with Crippen LogP contribution in [0, 0.1) is 6.92 Å². The summed E-state index contributed by atoms with van der Waals surface area (Å²) >= 11 is 0. The molecule has 1 fully saturated rings. The summed E-state index contributed by atoms with van der Waals surface area (Å²) in [6.07, 6.45) is 3.48. The quantitative estimate of drug-likeness (QED) is 0.676. The first kappa shape index (κ1) is 20.4. The smallest absolute Gasteiger partial charge is 0.339 e. The maximum absolute atomic E-state index is 11.3. The molecule has 2 aromatic rings. The van der Waals surface area contributed by atoms with Gasteiger partial charge in [-0.15, -0.1) is 0 Å². The van der Waals surface area contributed by atoms with Gasteiger partial charge in [-0.05, 0) is 43.9 Å². The van der Waals surface area contributed by atoms with Gasteiger partial charge in [0.2, 0.25) is 0 Å². The van der Waals surface area contributed by atoms with E-state index < -0.39 is 5.97 Å². The summed E-state index contributed by atoms with van der Waals surface area (Å²) in [6.45, 7) is 5.94. The van der Waals surface area contributed by atoms with Gasteiger partial charge in [-0.1, -0.05) is 42.0 Å². The number of nitrogens with zero attached hydrogens (tertiary/aromatic N) is 1. The van der Waals surface area contributed by atoms with Gasteiger partial charge < -0.3 is 14.6 Å². The Kier molecular flexibility index (Phi) is 7.46. The van der Waals surface area contributed by atoms with Crippen molar-refractivity contribution >= 4 is 5.97 Å². The van der Waals surface area contributed by atoms with Gasteiger partial charge in [0, 0.05) is 26.2 Å². The molecule has 0 bridgehead atoms. The van der Waals surface area contributed by atoms with Crippen LogP contribution in [0.5, 0.6) is 5.75 Å². The van der Waals surface area contributed by atoms with E-state index in [4.69, 9.17) is 9.47 Å². The number of aromatic carboxylic acids is 1. The summed E-state index contributed by atoms with van der Waals surface area (Å²) in [4.78, 5) is 13.7. The van der Waals surface area contributed by atoms with Crippen LogP contribution in [0.25, 0.3) is 0 Å². The van der Waals surface area contributed by atoms with Gasteiger partial charge >= 0.3 is 5.97 Å². The Labute approximate surface area is 166 Å². The third-order valence-electron chi connectivity index (χ3n) is 5.11. The van der Waals surface area contributed by atoms with E-state index in [1.165, 1.54) is 11.1 Å². The average Bonchev–Trinajstić information content (AvgIpc) is 3.20. The number of para-hydroxylation sites is 1. The summed E-state index contributed by atoms with van der Waals surface area (Å²) in [6, 6.07) is 15.4. The number of hydrogen-bond donors (Lipinski definition) is 1. The first-order valence-electron chi connectivity index (χ1n) is 9.96. The van der Waals surface area contributed by atoms with E-state index in [-0.39, 0.29) is 11.7 Å². The molecule has 0 aromatic heterocycles. The van der Waals surface area contributed by atoms with E-state index in [1.54, 1.807) is 24.3 Å². The lowest BCUT2D eigenvalue weighted by Gasteiger charge is -2.25. The van der Waals surface area contributed by atoms with Crippen molar-refractivity contribution in [2.45, 2.75) is 32.3 Å². The molecule has 1 aliphatic heterocycles. The number of carboxylic acids is 1. The van der Waals surface area contributed by atoms with Crippen LogP contribution in [0.15, 0.2) is 48.5 Å². The normalized spacial score (nSPS) is 16.4. The second kappa shape index (κ2) is 10.2. The van der Waals surface area contributed by atoms with Crippen LogP contribution >= 0.6 is 0 Å². The molecule has 2 aromatic carbocycles. The number of carbonyl (C=O) groups is 1. The largest absolute Gasteiger partial charge is 0.491 e. The second-order valence-corrected chi connectivity index (χ2v) is 7.32. The lowest BCUT2D eigenvalue weighted by Crippen LogP contribution is -2.36. The number of ether oxygens (including phenoxy) is 2. The molecular formula is C23H29NO4. The van der Waals surface area contributed by atoms with Gasteiger partial charge in [-0.3, -0.25) is 4.90 Å². The fourth-order valence-electron chi connectivity index (χ4n) is 3.47. The minimum Gasteiger partial charge on any atom is -0.491 e. The third-order valence-corrected chi connectivity index (χ3v) is 5.11. The number of benzene rings is 2. The predicted octanol–water partition coefficient (Wildman–Crippen LogP) is 3.80. The molecule has 0 radical (unpaired) electrons. The highest BCUT2D eigenvalue weighted by Gasteiger charge is 2.19. The molecule has 0 spiro atoms. The van der Waals surface area contributed by atoms with Gasteiger partial charge in [0.05, 0.1) is 6.10 Å². The van der Waals surface area contributed by atoms with E-state index in [0.29, 0.717) is 12.4 Å². The molecule has 0 saturated carbocycles. The zero-order chi connectivity index (χ0) is 19.8. The molecule has 1 N–H and O–H groups in total. The van der Waals surface area contributed by atoms with Crippen LogP contribution in [0.3, 0.4) is 0 Å². The third kappa shape index (κ3) is 6.08. The number of carboxylic acid groups (broad SMARTS) is 1. The van der Waals surface area contributed by atoms with E-state index >= 15 is 0 Å². The minimum atomic E-state index is -0.966. The van der Waals surface area contributed by atoms with Gasteiger partial charge in [0.15, 0.2) is 0 Å². The first-order valence-corrected chi connectivity index (χ1v) is 9.96. The molecule has 1 heterocycles. The molecule has 150 valence electrons. The SMILES string of the molecule is Cc1ccc(CCN(CCOc2ccccc2C(=O)O)CC2CCCO2)cc1. The highest BCUT2D eigenvalue weighted by molar-refractivity contribution is 5.90. The molecule has 1 atom stereocenters. The molecular weight excluding hydrogens is 354 g/mol. The van der Waals surface area contributed by atoms with Crippen molar-refractivity contribution in [3.8, 4) is 5.75 Å². The topological polar surface area (TPSA) is 59.0 Å². The van der Waals surface area contributed by atoms with Crippen LogP contribution in [0.1, 0.15) is 34.3 Å². The van der Waals surface area contributed by atoms with Crippen molar-refractivity contribution in [1.29, 1.82) is 0 Å². The lowest BCUT2D eigenvalue weighted by molar-refractivity contribution is 0.0670. The molecule has 5 heteroatoms. The van der Waals surface area contributed by atoms with Crippen LogP contribution in [0.4, 0.5) is 0 Å². The number of aryl methyl sites for hydroxylation is 1. The highest BCUT2D eigenvalue weighted by Crippen LogP contribution is 2.18. The Morgan fingerprint density at radius 1 is 1.18 bits per heavy atom. The molecule has 1 unspecified atom stereocenters. The number of rotatable bonds is 10. The lowest BCUT2D eigenvalue weighted by atomic mass is 10.1. The molecule has 3 rings (SSSR count). The van der Waals surface area contributed by atoms with Crippen LogP contribution in [-0.2, 0) is 11.2 Å². The van der Waals surface area contributed by atoms with Gasteiger partial charge in [-0.2, -0.15) is 0 Å². The zero-order valence-electron chi connectivity index (χ0n) is 16.5. The van der Waals surface area contributed by atoms with E-state index in [2.05, 4.69) is 36.1 Å². The van der Waals surface area contributed by atoms with Gasteiger partial charge in [0.25, 0.3) is 0 Å². The monoisotopic (exact) mass is 383 g/mol. The maximum Gasteiger partial charge on any atom is 0.339 e. The van der Waals surface area contributed by atoms with Crippen molar-refractivity contribution in [2.75, 3.05) is 32.8 Å². The Hall–Kier alpha value is -2.37. The zero-order valence-corrected chi connectivity index (χ0v) is 16.5. The van der Waals surface area contributed by atoms with Crippen LogP contribution < -0.4 is 4.74 Å². The molecule has 28 heavy (non-hydrogen) atoms. The summed E-state index contributed by atoms with van der Waals surface area (Å²) in [7, 11) is 0. The Bertz CT molecular complexity index is 753. The summed E-state index contributed by atoms with van der Waals surface area (Å²) in [5.41, 5.74) is 2.79.